The quantitative estimate of drug-likeness (QED) is 0.0427. The first-order valence-electron chi connectivity index (χ1n) is 10.7. The lowest BCUT2D eigenvalue weighted by Crippen LogP contribution is -2.12. The van der Waals surface area contributed by atoms with Crippen molar-refractivity contribution < 1.29 is 63.4 Å². The molecule has 0 aromatic heterocycles. The first kappa shape index (κ1) is 32.9. The van der Waals surface area contributed by atoms with E-state index in [9.17, 15) is 44.6 Å². The van der Waals surface area contributed by atoms with Gasteiger partial charge >= 0.3 is 0 Å². The minimum absolute atomic E-state index is 0.127. The van der Waals surface area contributed by atoms with Gasteiger partial charge in [0.15, 0.2) is 22.2 Å². The van der Waals surface area contributed by atoms with Gasteiger partial charge in [-0.15, -0.1) is 24.8 Å². The second-order valence-corrected chi connectivity index (χ2v) is 13.0. The maximum atomic E-state index is 12.5. The van der Waals surface area contributed by atoms with Crippen molar-refractivity contribution in [3.05, 3.63) is 54.6 Å². The Balaban J connectivity index is 1.94. The van der Waals surface area contributed by atoms with Crippen molar-refractivity contribution >= 4 is 65.1 Å². The molecule has 0 heterocycles. The number of benzene rings is 3. The summed E-state index contributed by atoms with van der Waals surface area (Å²) in [6.45, 7) is -0.472. The van der Waals surface area contributed by atoms with Crippen molar-refractivity contribution in [3.63, 3.8) is 0 Å². The first-order valence-corrected chi connectivity index (χ1v) is 15.9. The van der Waals surface area contributed by atoms with Gasteiger partial charge in [-0.25, -0.2) is 13.7 Å². The van der Waals surface area contributed by atoms with Crippen LogP contribution in [0.4, 0.5) is 22.7 Å². The average molecular weight is 667 g/mol. The monoisotopic (exact) mass is 666 g/mol. The molecule has 0 fully saturated rings. The Labute approximate surface area is 241 Å². The lowest BCUT2D eigenvalue weighted by molar-refractivity contribution is -0.434. The summed E-state index contributed by atoms with van der Waals surface area (Å²) in [5, 5.41) is 46.2. The number of phenolic OH excluding ortho intramolecular Hbond substituents is 2. The molecule has 0 unspecified atom stereocenters. The zero-order valence-electron chi connectivity index (χ0n) is 20.4. The SMILES string of the molecule is O=S(=O)(O)c1ccccc1/N=N/c1cc(/N=N/c2ccc(S(=O)(=O)CCOSOOO)cc2S(=O)(=O)O)c(O)cc1O. The van der Waals surface area contributed by atoms with E-state index >= 15 is 0 Å². The molecule has 0 spiro atoms. The lowest BCUT2D eigenvalue weighted by atomic mass is 10.2. The topological polar surface area (TPSA) is 281 Å². The summed E-state index contributed by atoms with van der Waals surface area (Å²) in [6, 6.07) is 9.17. The summed E-state index contributed by atoms with van der Waals surface area (Å²) in [7, 11) is -13.9. The largest absolute Gasteiger partial charge is 0.505 e. The van der Waals surface area contributed by atoms with Crippen LogP contribution in [0.5, 0.6) is 11.5 Å². The van der Waals surface area contributed by atoms with Crippen molar-refractivity contribution in [2.45, 2.75) is 14.7 Å². The van der Waals surface area contributed by atoms with E-state index in [1.54, 1.807) is 0 Å². The smallest absolute Gasteiger partial charge is 0.296 e. The molecule has 3 aromatic rings. The van der Waals surface area contributed by atoms with Crippen LogP contribution in [-0.2, 0) is 43.6 Å². The van der Waals surface area contributed by atoms with Crippen LogP contribution in [0.2, 0.25) is 0 Å². The summed E-state index contributed by atoms with van der Waals surface area (Å²) >= 11 is 0.127. The molecule has 226 valence electrons. The van der Waals surface area contributed by atoms with Crippen molar-refractivity contribution in [2.24, 2.45) is 20.5 Å². The molecule has 0 radical (unpaired) electrons. The molecule has 0 bridgehead atoms. The maximum absolute atomic E-state index is 12.5. The molecule has 3 rings (SSSR count). The number of nitrogens with zero attached hydrogens (tertiary/aromatic N) is 4. The molecule has 0 aliphatic heterocycles. The molecule has 3 aromatic carbocycles. The van der Waals surface area contributed by atoms with E-state index in [0.717, 1.165) is 30.3 Å². The number of aromatic hydroxyl groups is 2. The standard InChI is InChI=1S/C20H18N4O14S4/c25-17-11-18(26)16(10-15(17)23-21-13-3-1-2-4-19(13)41(30,31)32)24-22-14-6-5-12(9-20(14)42(33,34)35)40(28,29)8-7-36-39-38-37-27/h1-6,9-11,25-27H,7-8H2,(H,30,31,32)(H,33,34,35)/b23-21+,24-22+. The first-order chi connectivity index (χ1) is 19.6. The summed E-state index contributed by atoms with van der Waals surface area (Å²) in [5.41, 5.74) is -1.61. The van der Waals surface area contributed by atoms with E-state index in [4.69, 9.17) is 5.26 Å². The average Bonchev–Trinajstić information content (AvgIpc) is 2.91. The van der Waals surface area contributed by atoms with Crippen molar-refractivity contribution in [2.75, 3.05) is 12.4 Å². The van der Waals surface area contributed by atoms with E-state index in [2.05, 4.69) is 34.0 Å². The van der Waals surface area contributed by atoms with E-state index in [0.29, 0.717) is 6.07 Å². The van der Waals surface area contributed by atoms with Gasteiger partial charge in [0, 0.05) is 12.1 Å². The fourth-order valence-corrected chi connectivity index (χ4v) is 5.77. The highest BCUT2D eigenvalue weighted by molar-refractivity contribution is 7.91. The van der Waals surface area contributed by atoms with Crippen LogP contribution in [0.25, 0.3) is 0 Å². The third kappa shape index (κ3) is 8.71. The van der Waals surface area contributed by atoms with Crippen molar-refractivity contribution in [3.8, 4) is 11.5 Å². The minimum Gasteiger partial charge on any atom is -0.505 e. The molecule has 0 aliphatic rings. The van der Waals surface area contributed by atoms with E-state index in [1.165, 1.54) is 18.2 Å². The molecule has 5 N–H and O–H groups in total. The number of phenols is 2. The van der Waals surface area contributed by atoms with Gasteiger partial charge in [-0.3, -0.25) is 13.3 Å². The highest BCUT2D eigenvalue weighted by Crippen LogP contribution is 2.40. The molecule has 22 heteroatoms. The number of sulfone groups is 1. The van der Waals surface area contributed by atoms with Gasteiger partial charge in [-0.05, 0) is 30.3 Å². The molecule has 42 heavy (non-hydrogen) atoms. The van der Waals surface area contributed by atoms with E-state index in [1.807, 2.05) is 0 Å². The number of hydrogen-bond donors (Lipinski definition) is 5. The van der Waals surface area contributed by atoms with Crippen LogP contribution in [0.15, 0.2) is 89.7 Å². The summed E-state index contributed by atoms with van der Waals surface area (Å²) in [6.07, 6.45) is 0. The predicted molar refractivity (Wildman–Crippen MR) is 141 cm³/mol. The van der Waals surface area contributed by atoms with Gasteiger partial charge in [0.1, 0.15) is 44.0 Å². The Morgan fingerprint density at radius 3 is 1.81 bits per heavy atom. The van der Waals surface area contributed by atoms with Gasteiger partial charge in [-0.1, -0.05) is 17.2 Å². The van der Waals surface area contributed by atoms with E-state index < -0.39 is 80.0 Å². The van der Waals surface area contributed by atoms with Crippen molar-refractivity contribution in [1.29, 1.82) is 0 Å². The fraction of sp³-hybridized carbons (Fsp3) is 0.100. The van der Waals surface area contributed by atoms with Gasteiger partial charge in [0.25, 0.3) is 20.2 Å². The van der Waals surface area contributed by atoms with Crippen LogP contribution < -0.4 is 0 Å². The van der Waals surface area contributed by atoms with Gasteiger partial charge < -0.3 is 10.2 Å². The number of azo groups is 2. The van der Waals surface area contributed by atoms with Crippen LogP contribution in [0.3, 0.4) is 0 Å². The molecular formula is C20H18N4O14S4. The fourth-order valence-electron chi connectivity index (χ4n) is 2.99. The third-order valence-corrected chi connectivity index (χ3v) is 8.70. The molecule has 0 saturated carbocycles. The highest BCUT2D eigenvalue weighted by atomic mass is 32.2. The summed E-state index contributed by atoms with van der Waals surface area (Å²) < 4.78 is 99.6. The van der Waals surface area contributed by atoms with Gasteiger partial charge in [-0.2, -0.15) is 16.8 Å². The zero-order valence-corrected chi connectivity index (χ0v) is 23.7. The van der Waals surface area contributed by atoms with Crippen molar-refractivity contribution in [1.82, 2.24) is 0 Å². The van der Waals surface area contributed by atoms with E-state index in [-0.39, 0.29) is 23.7 Å². The normalized spacial score (nSPS) is 12.8. The maximum Gasteiger partial charge on any atom is 0.296 e. The van der Waals surface area contributed by atoms with Crippen LogP contribution in [0.1, 0.15) is 0 Å². The predicted octanol–water partition coefficient (Wildman–Crippen LogP) is 4.20. The van der Waals surface area contributed by atoms with Gasteiger partial charge in [0.05, 0.1) is 17.3 Å². The number of rotatable bonds is 13. The Kier molecular flexibility index (Phi) is 10.7. The number of hydrogen-bond acceptors (Lipinski definition) is 17. The molecular weight excluding hydrogens is 649 g/mol. The minimum atomic E-state index is -5.06. The van der Waals surface area contributed by atoms with Crippen LogP contribution in [-0.4, -0.2) is 62.2 Å². The Bertz CT molecular complexity index is 1850. The molecule has 0 aliphatic carbocycles. The summed E-state index contributed by atoms with van der Waals surface area (Å²) in [5.74, 6) is -1.98. The highest BCUT2D eigenvalue weighted by Gasteiger charge is 2.22. The second-order valence-electron chi connectivity index (χ2n) is 7.63. The van der Waals surface area contributed by atoms with Gasteiger partial charge in [0.2, 0.25) is 0 Å². The Morgan fingerprint density at radius 2 is 1.24 bits per heavy atom. The molecule has 0 amide bonds. The van der Waals surface area contributed by atoms with Crippen LogP contribution >= 0.6 is 12.3 Å². The molecule has 0 saturated heterocycles. The molecule has 0 atom stereocenters. The summed E-state index contributed by atoms with van der Waals surface area (Å²) in [4.78, 5) is -2.08. The third-order valence-electron chi connectivity index (χ3n) is 4.86. The molecule has 18 nitrogen and oxygen atoms in total. The lowest BCUT2D eigenvalue weighted by Gasteiger charge is -2.08. The Hall–Kier alpha value is -3.58. The Morgan fingerprint density at radius 1 is 0.690 bits per heavy atom. The van der Waals surface area contributed by atoms with Crippen LogP contribution in [0, 0.1) is 0 Å². The second kappa shape index (κ2) is 13.6. The zero-order chi connectivity index (χ0) is 31.1.